The van der Waals surface area contributed by atoms with Crippen LogP contribution in [0.1, 0.15) is 16.1 Å². The summed E-state index contributed by atoms with van der Waals surface area (Å²) in [5.41, 5.74) is 2.66. The van der Waals surface area contributed by atoms with Crippen LogP contribution in [-0.2, 0) is 6.54 Å². The molecule has 1 heterocycles. The Morgan fingerprint density at radius 2 is 1.88 bits per heavy atom. The Labute approximate surface area is 157 Å². The third-order valence-corrected chi connectivity index (χ3v) is 4.12. The number of hydrogen-bond acceptors (Lipinski definition) is 4. The number of halogens is 1. The van der Waals surface area contributed by atoms with Gasteiger partial charge in [-0.25, -0.2) is 0 Å². The van der Waals surface area contributed by atoms with Crippen LogP contribution < -0.4 is 15.4 Å². The second kappa shape index (κ2) is 8.36. The monoisotopic (exact) mass is 367 g/mol. The summed E-state index contributed by atoms with van der Waals surface area (Å²) in [4.78, 5) is 16.5. The Morgan fingerprint density at radius 1 is 1.12 bits per heavy atom. The van der Waals surface area contributed by atoms with Gasteiger partial charge in [0.2, 0.25) is 0 Å². The van der Waals surface area contributed by atoms with E-state index in [4.69, 9.17) is 16.3 Å². The molecule has 3 aromatic rings. The zero-order valence-electron chi connectivity index (χ0n) is 14.2. The molecular weight excluding hydrogens is 350 g/mol. The van der Waals surface area contributed by atoms with Crippen LogP contribution in [0, 0.1) is 0 Å². The van der Waals surface area contributed by atoms with Gasteiger partial charge in [-0.1, -0.05) is 41.9 Å². The van der Waals surface area contributed by atoms with Crippen LogP contribution in [0.5, 0.6) is 5.75 Å². The van der Waals surface area contributed by atoms with E-state index < -0.39 is 0 Å². The van der Waals surface area contributed by atoms with Crippen molar-refractivity contribution in [3.63, 3.8) is 0 Å². The van der Waals surface area contributed by atoms with E-state index in [1.807, 2.05) is 30.3 Å². The minimum atomic E-state index is -0.320. The molecule has 0 fully saturated rings. The zero-order chi connectivity index (χ0) is 18.4. The summed E-state index contributed by atoms with van der Waals surface area (Å²) < 4.78 is 5.34. The van der Waals surface area contributed by atoms with Crippen LogP contribution in [0.15, 0.2) is 66.9 Å². The fourth-order valence-electron chi connectivity index (χ4n) is 2.46. The molecule has 0 aliphatic carbocycles. The fraction of sp³-hybridized carbons (Fsp3) is 0.100. The maximum absolute atomic E-state index is 12.4. The lowest BCUT2D eigenvalue weighted by Crippen LogP contribution is -2.14. The summed E-state index contributed by atoms with van der Waals surface area (Å²) in [6, 6.07) is 18.3. The number of benzene rings is 2. The van der Waals surface area contributed by atoms with E-state index >= 15 is 0 Å². The van der Waals surface area contributed by atoms with Crippen LogP contribution in [-0.4, -0.2) is 18.0 Å². The highest BCUT2D eigenvalue weighted by atomic mass is 35.5. The molecule has 2 aromatic carbocycles. The Hall–Kier alpha value is -3.05. The summed E-state index contributed by atoms with van der Waals surface area (Å²) in [6.07, 6.45) is 1.59. The number of rotatable bonds is 6. The SMILES string of the molecule is COc1ccccc1CNc1ccnc(C(=O)Nc2ccccc2Cl)c1. The topological polar surface area (TPSA) is 63.2 Å². The Bertz CT molecular complexity index is 915. The van der Waals surface area contributed by atoms with Crippen molar-refractivity contribution in [2.45, 2.75) is 6.54 Å². The number of aromatic nitrogens is 1. The summed E-state index contributed by atoms with van der Waals surface area (Å²) in [6.45, 7) is 0.569. The van der Waals surface area contributed by atoms with E-state index in [2.05, 4.69) is 15.6 Å². The quantitative estimate of drug-likeness (QED) is 0.668. The molecule has 0 saturated heterocycles. The molecule has 3 rings (SSSR count). The van der Waals surface area contributed by atoms with Crippen molar-refractivity contribution < 1.29 is 9.53 Å². The average molecular weight is 368 g/mol. The fourth-order valence-corrected chi connectivity index (χ4v) is 2.64. The third kappa shape index (κ3) is 4.32. The number of carbonyl (C=O) groups excluding carboxylic acids is 1. The number of pyridine rings is 1. The molecule has 26 heavy (non-hydrogen) atoms. The first-order valence-corrected chi connectivity index (χ1v) is 8.43. The standard InChI is InChI=1S/C20H18ClN3O2/c1-26-19-9-5-2-6-14(19)13-23-15-10-11-22-18(12-15)20(25)24-17-8-4-3-7-16(17)21/h2-12H,13H2,1H3,(H,22,23)(H,24,25). The molecule has 0 radical (unpaired) electrons. The number of hydrogen-bond donors (Lipinski definition) is 2. The second-order valence-electron chi connectivity index (χ2n) is 5.53. The molecule has 0 aliphatic rings. The smallest absolute Gasteiger partial charge is 0.274 e. The lowest BCUT2D eigenvalue weighted by Gasteiger charge is -2.11. The van der Waals surface area contributed by atoms with Gasteiger partial charge in [0.15, 0.2) is 0 Å². The van der Waals surface area contributed by atoms with E-state index in [0.29, 0.717) is 22.9 Å². The van der Waals surface area contributed by atoms with E-state index in [9.17, 15) is 4.79 Å². The van der Waals surface area contributed by atoms with Crippen molar-refractivity contribution in [1.82, 2.24) is 4.98 Å². The molecule has 0 saturated carbocycles. The lowest BCUT2D eigenvalue weighted by atomic mass is 10.2. The molecule has 5 nitrogen and oxygen atoms in total. The molecule has 0 spiro atoms. The predicted octanol–water partition coefficient (Wildman–Crippen LogP) is 4.61. The average Bonchev–Trinajstić information content (AvgIpc) is 2.68. The van der Waals surface area contributed by atoms with Crippen molar-refractivity contribution >= 4 is 28.9 Å². The van der Waals surface area contributed by atoms with E-state index in [1.165, 1.54) is 0 Å². The summed E-state index contributed by atoms with van der Waals surface area (Å²) in [7, 11) is 1.64. The van der Waals surface area contributed by atoms with Crippen molar-refractivity contribution in [2.75, 3.05) is 17.7 Å². The molecule has 0 unspecified atom stereocenters. The highest BCUT2D eigenvalue weighted by Crippen LogP contribution is 2.22. The molecule has 1 aromatic heterocycles. The lowest BCUT2D eigenvalue weighted by molar-refractivity contribution is 0.102. The largest absolute Gasteiger partial charge is 0.496 e. The summed E-state index contributed by atoms with van der Waals surface area (Å²) in [5.74, 6) is 0.491. The van der Waals surface area contributed by atoms with Crippen LogP contribution in [0.3, 0.4) is 0 Å². The number of nitrogens with one attached hydrogen (secondary N) is 2. The first kappa shape index (κ1) is 17.8. The van der Waals surface area contributed by atoms with Gasteiger partial charge < -0.3 is 15.4 Å². The Kier molecular flexibility index (Phi) is 5.71. The molecular formula is C20H18ClN3O2. The van der Waals surface area contributed by atoms with E-state index in [1.54, 1.807) is 43.6 Å². The second-order valence-corrected chi connectivity index (χ2v) is 5.94. The number of ether oxygens (including phenoxy) is 1. The molecule has 6 heteroatoms. The van der Waals surface area contributed by atoms with Gasteiger partial charge >= 0.3 is 0 Å². The summed E-state index contributed by atoms with van der Waals surface area (Å²) >= 11 is 6.07. The molecule has 1 amide bonds. The normalized spacial score (nSPS) is 10.2. The van der Waals surface area contributed by atoms with Gasteiger partial charge in [-0.15, -0.1) is 0 Å². The van der Waals surface area contributed by atoms with Crippen molar-refractivity contribution in [1.29, 1.82) is 0 Å². The number of amides is 1. The summed E-state index contributed by atoms with van der Waals surface area (Å²) in [5, 5.41) is 6.52. The molecule has 2 N–H and O–H groups in total. The van der Waals surface area contributed by atoms with E-state index in [0.717, 1.165) is 17.0 Å². The first-order chi connectivity index (χ1) is 12.7. The zero-order valence-corrected chi connectivity index (χ0v) is 15.0. The van der Waals surface area contributed by atoms with Gasteiger partial charge in [0.25, 0.3) is 5.91 Å². The van der Waals surface area contributed by atoms with Crippen LogP contribution in [0.4, 0.5) is 11.4 Å². The number of methoxy groups -OCH3 is 1. The number of anilines is 2. The highest BCUT2D eigenvalue weighted by Gasteiger charge is 2.10. The van der Waals surface area contributed by atoms with Gasteiger partial charge in [0, 0.05) is 24.0 Å². The van der Waals surface area contributed by atoms with Crippen molar-refractivity contribution in [2.24, 2.45) is 0 Å². The van der Waals surface area contributed by atoms with Gasteiger partial charge in [-0.2, -0.15) is 0 Å². The minimum Gasteiger partial charge on any atom is -0.496 e. The number of nitrogens with zero attached hydrogens (tertiary/aromatic N) is 1. The molecule has 0 bridgehead atoms. The van der Waals surface area contributed by atoms with Gasteiger partial charge in [0.05, 0.1) is 17.8 Å². The highest BCUT2D eigenvalue weighted by molar-refractivity contribution is 6.33. The molecule has 0 aliphatic heterocycles. The van der Waals surface area contributed by atoms with Gasteiger partial charge in [0.1, 0.15) is 11.4 Å². The van der Waals surface area contributed by atoms with Crippen LogP contribution in [0.25, 0.3) is 0 Å². The third-order valence-electron chi connectivity index (χ3n) is 3.79. The maximum Gasteiger partial charge on any atom is 0.274 e. The Balaban J connectivity index is 1.70. The van der Waals surface area contributed by atoms with Crippen molar-refractivity contribution in [3.05, 3.63) is 83.1 Å². The minimum absolute atomic E-state index is 0.301. The van der Waals surface area contributed by atoms with Crippen LogP contribution in [0.2, 0.25) is 5.02 Å². The number of para-hydroxylation sites is 2. The van der Waals surface area contributed by atoms with Crippen LogP contribution >= 0.6 is 11.6 Å². The number of carbonyl (C=O) groups is 1. The van der Waals surface area contributed by atoms with Gasteiger partial charge in [-0.3, -0.25) is 9.78 Å². The van der Waals surface area contributed by atoms with E-state index in [-0.39, 0.29) is 5.91 Å². The molecule has 132 valence electrons. The predicted molar refractivity (Wildman–Crippen MR) is 104 cm³/mol. The first-order valence-electron chi connectivity index (χ1n) is 8.05. The molecule has 0 atom stereocenters. The maximum atomic E-state index is 12.4. The Morgan fingerprint density at radius 3 is 2.69 bits per heavy atom. The van der Waals surface area contributed by atoms with Crippen molar-refractivity contribution in [3.8, 4) is 5.75 Å². The van der Waals surface area contributed by atoms with Gasteiger partial charge in [-0.05, 0) is 30.3 Å².